The van der Waals surface area contributed by atoms with Gasteiger partial charge < -0.3 is 9.64 Å². The molecular weight excluding hydrogens is 290 g/mol. The molecule has 1 aliphatic rings. The predicted octanol–water partition coefficient (Wildman–Crippen LogP) is 3.17. The highest BCUT2D eigenvalue weighted by Crippen LogP contribution is 2.25. The highest BCUT2D eigenvalue weighted by Gasteiger charge is 2.27. The second-order valence-corrected chi connectivity index (χ2v) is 6.26. The molecule has 5 nitrogen and oxygen atoms in total. The number of piperidine rings is 1. The Morgan fingerprint density at radius 1 is 1.43 bits per heavy atom. The van der Waals surface area contributed by atoms with E-state index in [4.69, 9.17) is 4.74 Å². The Morgan fingerprint density at radius 3 is 2.96 bits per heavy atom. The molecule has 0 radical (unpaired) electrons. The molecule has 0 saturated carbocycles. The van der Waals surface area contributed by atoms with E-state index in [-0.39, 0.29) is 5.91 Å². The fourth-order valence-electron chi connectivity index (χ4n) is 3.35. The average molecular weight is 315 g/mol. The molecule has 1 unspecified atom stereocenters. The van der Waals surface area contributed by atoms with E-state index in [0.717, 1.165) is 43.0 Å². The topological polar surface area (TPSA) is 46.8 Å². The molecule has 0 spiro atoms. The van der Waals surface area contributed by atoms with Crippen LogP contribution in [0.15, 0.2) is 18.3 Å². The number of ether oxygens (including phenoxy) is 1. The van der Waals surface area contributed by atoms with Crippen LogP contribution in [-0.2, 0) is 6.42 Å². The maximum atomic E-state index is 13.1. The molecule has 0 aromatic carbocycles. The molecule has 3 heterocycles. The van der Waals surface area contributed by atoms with Gasteiger partial charge in [0, 0.05) is 19.3 Å². The van der Waals surface area contributed by atoms with Crippen molar-refractivity contribution in [3.05, 3.63) is 29.7 Å². The van der Waals surface area contributed by atoms with Crippen molar-refractivity contribution in [1.29, 1.82) is 0 Å². The molecule has 1 aliphatic heterocycles. The second kappa shape index (κ2) is 6.60. The first kappa shape index (κ1) is 15.8. The first-order chi connectivity index (χ1) is 11.2. The quantitative estimate of drug-likeness (QED) is 0.870. The summed E-state index contributed by atoms with van der Waals surface area (Å²) in [4.78, 5) is 19.7. The van der Waals surface area contributed by atoms with Crippen LogP contribution in [0.4, 0.5) is 0 Å². The number of aromatic nitrogens is 2. The summed E-state index contributed by atoms with van der Waals surface area (Å²) in [7, 11) is 0. The molecule has 1 atom stereocenters. The van der Waals surface area contributed by atoms with Crippen molar-refractivity contribution in [3.8, 4) is 5.75 Å². The van der Waals surface area contributed by atoms with Crippen molar-refractivity contribution >= 4 is 11.6 Å². The molecule has 124 valence electrons. The summed E-state index contributed by atoms with van der Waals surface area (Å²) >= 11 is 0. The molecule has 3 rings (SSSR count). The lowest BCUT2D eigenvalue weighted by Crippen LogP contribution is -2.40. The standard InChI is InChI=1S/C18H25N3O2/c1-4-14-16(18(22)20-10-6-8-13(3)12-20)21-11-7-9-15(23-5-2)17(21)19-14/h7,9,11,13H,4-6,8,10,12H2,1-3H3. The number of carbonyl (C=O) groups is 1. The summed E-state index contributed by atoms with van der Waals surface area (Å²) < 4.78 is 7.56. The van der Waals surface area contributed by atoms with E-state index in [9.17, 15) is 4.79 Å². The van der Waals surface area contributed by atoms with E-state index in [2.05, 4.69) is 11.9 Å². The number of hydrogen-bond donors (Lipinski definition) is 0. The van der Waals surface area contributed by atoms with Gasteiger partial charge in [0.1, 0.15) is 5.69 Å². The van der Waals surface area contributed by atoms with Crippen LogP contribution >= 0.6 is 0 Å². The second-order valence-electron chi connectivity index (χ2n) is 6.26. The molecule has 0 N–H and O–H groups in total. The minimum absolute atomic E-state index is 0.0922. The van der Waals surface area contributed by atoms with Gasteiger partial charge in [-0.25, -0.2) is 4.98 Å². The van der Waals surface area contributed by atoms with Crippen LogP contribution in [0, 0.1) is 5.92 Å². The Balaban J connectivity index is 2.05. The van der Waals surface area contributed by atoms with Gasteiger partial charge >= 0.3 is 0 Å². The number of carbonyl (C=O) groups excluding carboxylic acids is 1. The highest BCUT2D eigenvalue weighted by molar-refractivity contribution is 5.95. The summed E-state index contributed by atoms with van der Waals surface area (Å²) in [6.07, 6.45) is 4.92. The molecule has 1 fully saturated rings. The lowest BCUT2D eigenvalue weighted by Gasteiger charge is -2.31. The molecular formula is C18H25N3O2. The highest BCUT2D eigenvalue weighted by atomic mass is 16.5. The van der Waals surface area contributed by atoms with Gasteiger partial charge in [0.15, 0.2) is 11.4 Å². The molecule has 0 aliphatic carbocycles. The van der Waals surface area contributed by atoms with Crippen LogP contribution in [0.1, 0.15) is 49.8 Å². The number of aryl methyl sites for hydroxylation is 1. The van der Waals surface area contributed by atoms with Gasteiger partial charge in [0.25, 0.3) is 5.91 Å². The van der Waals surface area contributed by atoms with Crippen molar-refractivity contribution in [2.45, 2.75) is 40.0 Å². The van der Waals surface area contributed by atoms with Gasteiger partial charge in [-0.15, -0.1) is 0 Å². The number of fused-ring (bicyclic) bond motifs is 1. The van der Waals surface area contributed by atoms with Gasteiger partial charge in [-0.1, -0.05) is 13.8 Å². The van der Waals surface area contributed by atoms with E-state index < -0.39 is 0 Å². The third kappa shape index (κ3) is 2.92. The molecule has 0 bridgehead atoms. The Kier molecular flexibility index (Phi) is 4.55. The summed E-state index contributed by atoms with van der Waals surface area (Å²) in [5.41, 5.74) is 2.28. The zero-order valence-electron chi connectivity index (χ0n) is 14.2. The van der Waals surface area contributed by atoms with Crippen molar-refractivity contribution in [1.82, 2.24) is 14.3 Å². The van der Waals surface area contributed by atoms with Crippen LogP contribution in [-0.4, -0.2) is 39.9 Å². The normalized spacial score (nSPS) is 18.4. The number of imidazole rings is 1. The van der Waals surface area contributed by atoms with Crippen molar-refractivity contribution in [2.24, 2.45) is 5.92 Å². The predicted molar refractivity (Wildman–Crippen MR) is 90.0 cm³/mol. The molecule has 2 aromatic rings. The zero-order valence-corrected chi connectivity index (χ0v) is 14.2. The maximum absolute atomic E-state index is 13.1. The lowest BCUT2D eigenvalue weighted by atomic mass is 10.00. The number of amides is 1. The Morgan fingerprint density at radius 2 is 2.26 bits per heavy atom. The van der Waals surface area contributed by atoms with E-state index in [0.29, 0.717) is 18.2 Å². The SMILES string of the molecule is CCOc1cccn2c(C(=O)N3CCCC(C)C3)c(CC)nc12. The average Bonchev–Trinajstić information content (AvgIpc) is 2.94. The van der Waals surface area contributed by atoms with Crippen molar-refractivity contribution in [3.63, 3.8) is 0 Å². The van der Waals surface area contributed by atoms with Gasteiger partial charge in [0.2, 0.25) is 0 Å². The first-order valence-corrected chi connectivity index (χ1v) is 8.57. The Bertz CT molecular complexity index is 708. The van der Waals surface area contributed by atoms with Crippen LogP contribution in [0.5, 0.6) is 5.75 Å². The van der Waals surface area contributed by atoms with Gasteiger partial charge in [-0.3, -0.25) is 9.20 Å². The third-order valence-corrected chi connectivity index (χ3v) is 4.47. The van der Waals surface area contributed by atoms with Crippen molar-refractivity contribution in [2.75, 3.05) is 19.7 Å². The molecule has 2 aromatic heterocycles. The van der Waals surface area contributed by atoms with Crippen LogP contribution in [0.3, 0.4) is 0 Å². The summed E-state index contributed by atoms with van der Waals surface area (Å²) in [6, 6.07) is 3.82. The van der Waals surface area contributed by atoms with E-state index >= 15 is 0 Å². The van der Waals surface area contributed by atoms with Crippen LogP contribution in [0.2, 0.25) is 0 Å². The van der Waals surface area contributed by atoms with E-state index in [1.165, 1.54) is 6.42 Å². The van der Waals surface area contributed by atoms with Gasteiger partial charge in [-0.05, 0) is 44.2 Å². The summed E-state index contributed by atoms with van der Waals surface area (Å²) in [5, 5.41) is 0. The Hall–Kier alpha value is -2.04. The zero-order chi connectivity index (χ0) is 16.4. The molecule has 5 heteroatoms. The fraction of sp³-hybridized carbons (Fsp3) is 0.556. The molecule has 1 saturated heterocycles. The van der Waals surface area contributed by atoms with E-state index in [1.54, 1.807) is 0 Å². The first-order valence-electron chi connectivity index (χ1n) is 8.57. The number of nitrogens with zero attached hydrogens (tertiary/aromatic N) is 3. The maximum Gasteiger partial charge on any atom is 0.272 e. The number of likely N-dealkylation sites (tertiary alicyclic amines) is 1. The van der Waals surface area contributed by atoms with Gasteiger partial charge in [-0.2, -0.15) is 0 Å². The third-order valence-electron chi connectivity index (χ3n) is 4.47. The number of rotatable bonds is 4. The number of pyridine rings is 1. The monoisotopic (exact) mass is 315 g/mol. The molecule has 23 heavy (non-hydrogen) atoms. The largest absolute Gasteiger partial charge is 0.490 e. The number of hydrogen-bond acceptors (Lipinski definition) is 3. The fourth-order valence-corrected chi connectivity index (χ4v) is 3.35. The van der Waals surface area contributed by atoms with Crippen LogP contribution < -0.4 is 4.74 Å². The Labute approximate surface area is 137 Å². The summed E-state index contributed by atoms with van der Waals surface area (Å²) in [5.74, 6) is 1.39. The smallest absolute Gasteiger partial charge is 0.272 e. The van der Waals surface area contributed by atoms with E-state index in [1.807, 2.05) is 41.5 Å². The summed E-state index contributed by atoms with van der Waals surface area (Å²) in [6.45, 7) is 8.46. The van der Waals surface area contributed by atoms with Gasteiger partial charge in [0.05, 0.1) is 12.3 Å². The molecule has 1 amide bonds. The minimum atomic E-state index is 0.0922. The van der Waals surface area contributed by atoms with Crippen LogP contribution in [0.25, 0.3) is 5.65 Å². The lowest BCUT2D eigenvalue weighted by molar-refractivity contribution is 0.0675. The van der Waals surface area contributed by atoms with Crippen molar-refractivity contribution < 1.29 is 9.53 Å². The minimum Gasteiger partial charge on any atom is -0.490 e.